The quantitative estimate of drug-likeness (QED) is 0.216. The van der Waals surface area contributed by atoms with Crippen LogP contribution in [0.25, 0.3) is 0 Å². The van der Waals surface area contributed by atoms with E-state index in [1.165, 1.54) is 39.0 Å². The third kappa shape index (κ3) is 6.48. The predicted molar refractivity (Wildman–Crippen MR) is 169 cm³/mol. The Hall–Kier alpha value is -3.94. The van der Waals surface area contributed by atoms with Crippen molar-refractivity contribution in [2.45, 2.75) is 79.2 Å². The molecular weight excluding hydrogens is 610 g/mol. The zero-order valence-corrected chi connectivity index (χ0v) is 27.4. The summed E-state index contributed by atoms with van der Waals surface area (Å²) in [6.45, 7) is 10.8. The number of ether oxygens (including phenoxy) is 1. The van der Waals surface area contributed by atoms with Crippen molar-refractivity contribution in [3.8, 4) is 11.5 Å². The van der Waals surface area contributed by atoms with Crippen molar-refractivity contribution in [1.29, 1.82) is 0 Å². The minimum Gasteiger partial charge on any atom is -0.507 e. The Morgan fingerprint density at radius 1 is 0.723 bits per heavy atom. The molecule has 1 aromatic rings. The zero-order valence-electron chi connectivity index (χ0n) is 27.4. The molecular formula is C35H43NO11. The van der Waals surface area contributed by atoms with E-state index in [-0.39, 0.29) is 16.7 Å². The molecule has 12 heteroatoms. The summed E-state index contributed by atoms with van der Waals surface area (Å²) < 4.78 is 5.89. The molecule has 5 heterocycles. The van der Waals surface area contributed by atoms with E-state index in [4.69, 9.17) is 4.74 Å². The lowest BCUT2D eigenvalue weighted by atomic mass is 9.75. The van der Waals surface area contributed by atoms with Gasteiger partial charge in [0.25, 0.3) is 5.91 Å². The molecule has 0 aromatic heterocycles. The number of aliphatic hydroxyl groups excluding tert-OH is 4. The predicted octanol–water partition coefficient (Wildman–Crippen LogP) is 2.39. The van der Waals surface area contributed by atoms with Gasteiger partial charge in [0.05, 0.1) is 52.7 Å². The summed E-state index contributed by atoms with van der Waals surface area (Å²) in [4.78, 5) is 53.8. The highest BCUT2D eigenvalue weighted by atomic mass is 16.6. The van der Waals surface area contributed by atoms with Crippen molar-refractivity contribution in [2.75, 3.05) is 0 Å². The number of Topliss-reactive ketones (excluding diaryl/α,β-unsaturated/α-hetero) is 2. The second kappa shape index (κ2) is 13.7. The number of carbonyl (C=O) groups is 4. The molecule has 6 aliphatic rings. The fourth-order valence-electron chi connectivity index (χ4n) is 6.61. The van der Waals surface area contributed by atoms with Crippen LogP contribution in [0.4, 0.5) is 0 Å². The minimum absolute atomic E-state index is 0.112. The minimum atomic E-state index is -1.62. The highest BCUT2D eigenvalue weighted by Crippen LogP contribution is 2.42. The van der Waals surface area contributed by atoms with E-state index in [1.54, 1.807) is 33.8 Å². The number of ketones is 3. The number of amides is 1. The van der Waals surface area contributed by atoms with Gasteiger partial charge in [-0.25, -0.2) is 0 Å². The van der Waals surface area contributed by atoms with Gasteiger partial charge in [0.1, 0.15) is 11.5 Å². The Kier molecular flexibility index (Phi) is 10.4. The van der Waals surface area contributed by atoms with Gasteiger partial charge in [0.15, 0.2) is 17.9 Å². The summed E-state index contributed by atoms with van der Waals surface area (Å²) in [5.74, 6) is -8.62. The smallest absolute Gasteiger partial charge is 0.251 e. The Labute approximate surface area is 272 Å². The molecule has 47 heavy (non-hydrogen) atoms. The van der Waals surface area contributed by atoms with Gasteiger partial charge in [-0.3, -0.25) is 19.2 Å². The topological polar surface area (TPSA) is 211 Å². The maximum absolute atomic E-state index is 13.8. The van der Waals surface area contributed by atoms with E-state index < -0.39 is 117 Å². The Bertz CT molecular complexity index is 1620. The normalized spacial score (nSPS) is 37.0. The molecule has 0 spiro atoms. The van der Waals surface area contributed by atoms with Crippen LogP contribution in [-0.4, -0.2) is 84.6 Å². The van der Waals surface area contributed by atoms with E-state index in [2.05, 4.69) is 5.32 Å². The molecule has 9 unspecified atom stereocenters. The molecule has 1 aromatic carbocycles. The number of phenols is 2. The van der Waals surface area contributed by atoms with Gasteiger partial charge in [0.2, 0.25) is 5.78 Å². The molecule has 1 aliphatic carbocycles. The van der Waals surface area contributed by atoms with Crippen LogP contribution in [0.1, 0.15) is 78.2 Å². The first-order valence-electron chi connectivity index (χ1n) is 15.6. The number of hydrogen-bond acceptors (Lipinski definition) is 11. The fraction of sp³-hybridized carbons (Fsp3) is 0.486. The molecule has 1 saturated heterocycles. The number of nitrogens with one attached hydrogen (secondary N) is 1. The molecule has 0 radical (unpaired) electrons. The highest BCUT2D eigenvalue weighted by Gasteiger charge is 2.46. The standard InChI is InChI=1S/C35H43NO11/c1-13-9-8-10-14(2)34(45)36-21-12-22(37)23-24(30(42)17(5)31(43)25(23)32(21)44)27(39)15(3)11-20-29(41)19(7)33(47-35(20)46)18(6)28(40)16(4)26(13)38/h8-13,16,18-20,26,28-29,33,35,38,40-43,46H,1-7H3,(H,36,45)/b9-8+,14-10-,15-11-/t13?,16?,18?,19-,20?,26?,28?,29?,33?,35?/m0/s1. The van der Waals surface area contributed by atoms with E-state index in [0.29, 0.717) is 0 Å². The first kappa shape index (κ1) is 35.9. The maximum atomic E-state index is 13.8. The molecule has 7 N–H and O–H groups in total. The van der Waals surface area contributed by atoms with E-state index >= 15 is 0 Å². The molecule has 7 rings (SSSR count). The lowest BCUT2D eigenvalue weighted by Gasteiger charge is -2.45. The molecule has 1 fully saturated rings. The number of allylic oxidation sites excluding steroid dienone is 5. The van der Waals surface area contributed by atoms with E-state index in [9.17, 15) is 49.8 Å². The first-order chi connectivity index (χ1) is 21.9. The van der Waals surface area contributed by atoms with Crippen LogP contribution in [0.5, 0.6) is 11.5 Å². The van der Waals surface area contributed by atoms with Gasteiger partial charge < -0.3 is 40.7 Å². The van der Waals surface area contributed by atoms with Crippen LogP contribution in [0.15, 0.2) is 47.2 Å². The lowest BCUT2D eigenvalue weighted by molar-refractivity contribution is -0.254. The second-order valence-electron chi connectivity index (χ2n) is 13.0. The van der Waals surface area contributed by atoms with Crippen LogP contribution < -0.4 is 5.32 Å². The third-order valence-electron chi connectivity index (χ3n) is 9.82. The molecule has 254 valence electrons. The Morgan fingerprint density at radius 3 is 1.91 bits per heavy atom. The van der Waals surface area contributed by atoms with Crippen molar-refractivity contribution in [3.05, 3.63) is 69.5 Å². The van der Waals surface area contributed by atoms with Gasteiger partial charge >= 0.3 is 0 Å². The van der Waals surface area contributed by atoms with Gasteiger partial charge in [0, 0.05) is 40.9 Å². The molecule has 6 bridgehead atoms. The number of aliphatic hydroxyl groups is 4. The lowest BCUT2D eigenvalue weighted by Crippen LogP contribution is -2.54. The molecule has 12 nitrogen and oxygen atoms in total. The first-order valence-corrected chi connectivity index (χ1v) is 15.6. The van der Waals surface area contributed by atoms with Crippen molar-refractivity contribution < 1.29 is 54.6 Å². The summed E-state index contributed by atoms with van der Waals surface area (Å²) >= 11 is 0. The van der Waals surface area contributed by atoms with Crippen LogP contribution in [0.3, 0.4) is 0 Å². The van der Waals surface area contributed by atoms with Gasteiger partial charge in [-0.05, 0) is 26.3 Å². The van der Waals surface area contributed by atoms with Gasteiger partial charge in [-0.15, -0.1) is 0 Å². The fourth-order valence-corrected chi connectivity index (χ4v) is 6.61. The largest absolute Gasteiger partial charge is 0.507 e. The molecule has 1 amide bonds. The van der Waals surface area contributed by atoms with Crippen LogP contribution >= 0.6 is 0 Å². The average Bonchev–Trinajstić information content (AvgIpc) is 3.03. The summed E-state index contributed by atoms with van der Waals surface area (Å²) in [6, 6.07) is 0. The number of rotatable bonds is 0. The van der Waals surface area contributed by atoms with Crippen LogP contribution in [0, 0.1) is 36.5 Å². The van der Waals surface area contributed by atoms with Crippen molar-refractivity contribution in [1.82, 2.24) is 5.32 Å². The zero-order chi connectivity index (χ0) is 35.2. The van der Waals surface area contributed by atoms with Crippen LogP contribution in [-0.2, 0) is 9.53 Å². The SMILES string of the molecule is C/C1=C/C=C/C(C)C(O)C(C)C(O)C(C)C2OC(O)C(/C=C(/C)C(=O)c3c(O)c(C)c(O)c4c3C(=O)C=C(NC1=O)C4=O)C(O)[C@@H]2C. The Balaban J connectivity index is 1.88. The van der Waals surface area contributed by atoms with Crippen molar-refractivity contribution in [3.63, 3.8) is 0 Å². The number of benzene rings is 1. The highest BCUT2D eigenvalue weighted by molar-refractivity contribution is 6.31. The second-order valence-corrected chi connectivity index (χ2v) is 13.0. The van der Waals surface area contributed by atoms with Gasteiger partial charge in [-0.1, -0.05) is 52.0 Å². The monoisotopic (exact) mass is 653 g/mol. The number of hydrogen-bond donors (Lipinski definition) is 7. The summed E-state index contributed by atoms with van der Waals surface area (Å²) in [7, 11) is 0. The molecule has 5 aliphatic heterocycles. The molecule has 10 atom stereocenters. The van der Waals surface area contributed by atoms with E-state index in [1.807, 2.05) is 0 Å². The van der Waals surface area contributed by atoms with Crippen molar-refractivity contribution in [2.24, 2.45) is 29.6 Å². The summed E-state index contributed by atoms with van der Waals surface area (Å²) in [6.07, 6.45) is 0.789. The summed E-state index contributed by atoms with van der Waals surface area (Å²) in [5.41, 5.74) is -2.37. The van der Waals surface area contributed by atoms with E-state index in [0.717, 1.165) is 6.08 Å². The van der Waals surface area contributed by atoms with Crippen LogP contribution in [0.2, 0.25) is 0 Å². The summed E-state index contributed by atoms with van der Waals surface area (Å²) in [5, 5.41) is 68.7. The number of phenolic OH excluding ortho intramolecular Hbond substituents is 2. The number of carbonyl (C=O) groups excluding carboxylic acids is 4. The van der Waals surface area contributed by atoms with Gasteiger partial charge in [-0.2, -0.15) is 0 Å². The maximum Gasteiger partial charge on any atom is 0.251 e. The molecule has 0 saturated carbocycles. The number of aromatic hydroxyl groups is 2. The Morgan fingerprint density at radius 2 is 1.30 bits per heavy atom. The van der Waals surface area contributed by atoms with Crippen molar-refractivity contribution >= 4 is 23.3 Å². The average molecular weight is 654 g/mol. The third-order valence-corrected chi connectivity index (χ3v) is 9.82.